The van der Waals surface area contributed by atoms with Crippen molar-refractivity contribution in [3.05, 3.63) is 0 Å². The fraction of sp³-hybridized carbons (Fsp3) is 0.929. The monoisotopic (exact) mass is 256 g/mol. The third-order valence-corrected chi connectivity index (χ3v) is 3.63. The molecule has 18 heavy (non-hydrogen) atoms. The summed E-state index contributed by atoms with van der Waals surface area (Å²) in [6, 6.07) is 0. The molecule has 0 saturated carbocycles. The minimum atomic E-state index is 0.179. The number of nitrogens with two attached hydrogens (primary N) is 1. The molecule has 106 valence electrons. The van der Waals surface area contributed by atoms with E-state index in [0.29, 0.717) is 18.9 Å². The summed E-state index contributed by atoms with van der Waals surface area (Å²) < 4.78 is 5.45. The van der Waals surface area contributed by atoms with Gasteiger partial charge in [-0.15, -0.1) is 0 Å². The topological polar surface area (TPSA) is 55.6 Å². The maximum Gasteiger partial charge on any atom is 0.222 e. The van der Waals surface area contributed by atoms with Crippen molar-refractivity contribution in [2.45, 2.75) is 52.1 Å². The van der Waals surface area contributed by atoms with Gasteiger partial charge in [0.2, 0.25) is 5.91 Å². The van der Waals surface area contributed by atoms with E-state index in [2.05, 4.69) is 6.92 Å². The summed E-state index contributed by atoms with van der Waals surface area (Å²) in [5.74, 6) is 0.894. The van der Waals surface area contributed by atoms with Gasteiger partial charge in [0.15, 0.2) is 0 Å². The summed E-state index contributed by atoms with van der Waals surface area (Å²) in [7, 11) is 0. The number of rotatable bonds is 7. The third kappa shape index (κ3) is 5.36. The van der Waals surface area contributed by atoms with Gasteiger partial charge < -0.3 is 15.4 Å². The van der Waals surface area contributed by atoms with Gasteiger partial charge in [0, 0.05) is 19.5 Å². The molecule has 1 heterocycles. The molecule has 1 amide bonds. The SMILES string of the molecule is CCCC(CCN)CCC(=O)N1CCOC(C)C1. The average Bonchev–Trinajstić information content (AvgIpc) is 2.36. The molecule has 2 atom stereocenters. The van der Waals surface area contributed by atoms with Gasteiger partial charge in [-0.2, -0.15) is 0 Å². The van der Waals surface area contributed by atoms with Crippen molar-refractivity contribution in [3.63, 3.8) is 0 Å². The lowest BCUT2D eigenvalue weighted by molar-refractivity contribution is -0.138. The van der Waals surface area contributed by atoms with Gasteiger partial charge in [-0.1, -0.05) is 19.8 Å². The van der Waals surface area contributed by atoms with Crippen molar-refractivity contribution < 1.29 is 9.53 Å². The Kier molecular flexibility index (Phi) is 7.28. The summed E-state index contributed by atoms with van der Waals surface area (Å²) in [5.41, 5.74) is 5.62. The van der Waals surface area contributed by atoms with E-state index in [-0.39, 0.29) is 12.0 Å². The molecule has 0 spiro atoms. The second-order valence-electron chi connectivity index (χ2n) is 5.29. The highest BCUT2D eigenvalue weighted by molar-refractivity contribution is 5.76. The van der Waals surface area contributed by atoms with Crippen LogP contribution in [-0.2, 0) is 9.53 Å². The van der Waals surface area contributed by atoms with Crippen molar-refractivity contribution in [2.75, 3.05) is 26.2 Å². The fourth-order valence-corrected chi connectivity index (χ4v) is 2.61. The van der Waals surface area contributed by atoms with Crippen LogP contribution < -0.4 is 5.73 Å². The Morgan fingerprint density at radius 3 is 2.83 bits per heavy atom. The Balaban J connectivity index is 2.29. The van der Waals surface area contributed by atoms with Crippen molar-refractivity contribution in [3.8, 4) is 0 Å². The number of ether oxygens (including phenoxy) is 1. The Morgan fingerprint density at radius 1 is 1.44 bits per heavy atom. The van der Waals surface area contributed by atoms with Crippen LogP contribution in [0.1, 0.15) is 46.0 Å². The lowest BCUT2D eigenvalue weighted by atomic mass is 9.94. The average molecular weight is 256 g/mol. The third-order valence-electron chi connectivity index (χ3n) is 3.63. The van der Waals surface area contributed by atoms with E-state index in [9.17, 15) is 4.79 Å². The van der Waals surface area contributed by atoms with Crippen LogP contribution in [0, 0.1) is 5.92 Å². The van der Waals surface area contributed by atoms with Crippen LogP contribution in [0.25, 0.3) is 0 Å². The molecule has 1 aliphatic heterocycles. The van der Waals surface area contributed by atoms with Gasteiger partial charge in [-0.3, -0.25) is 4.79 Å². The van der Waals surface area contributed by atoms with Crippen LogP contribution in [0.5, 0.6) is 0 Å². The maximum atomic E-state index is 12.1. The Labute approximate surface area is 111 Å². The van der Waals surface area contributed by atoms with Crippen LogP contribution >= 0.6 is 0 Å². The fourth-order valence-electron chi connectivity index (χ4n) is 2.61. The molecule has 1 rings (SSSR count). The van der Waals surface area contributed by atoms with Crippen LogP contribution in [0.3, 0.4) is 0 Å². The van der Waals surface area contributed by atoms with E-state index < -0.39 is 0 Å². The highest BCUT2D eigenvalue weighted by atomic mass is 16.5. The number of hydrogen-bond acceptors (Lipinski definition) is 3. The zero-order chi connectivity index (χ0) is 13.4. The van der Waals surface area contributed by atoms with E-state index in [4.69, 9.17) is 10.5 Å². The van der Waals surface area contributed by atoms with Gasteiger partial charge in [0.25, 0.3) is 0 Å². The number of amides is 1. The van der Waals surface area contributed by atoms with Crippen molar-refractivity contribution in [1.82, 2.24) is 4.90 Å². The lowest BCUT2D eigenvalue weighted by Gasteiger charge is -2.31. The first kappa shape index (κ1) is 15.4. The van der Waals surface area contributed by atoms with Crippen molar-refractivity contribution >= 4 is 5.91 Å². The summed E-state index contributed by atoms with van der Waals surface area (Å²) in [5, 5.41) is 0. The molecule has 0 aliphatic carbocycles. The summed E-state index contributed by atoms with van der Waals surface area (Å²) >= 11 is 0. The summed E-state index contributed by atoms with van der Waals surface area (Å²) in [6.07, 6.45) is 5.23. The zero-order valence-electron chi connectivity index (χ0n) is 11.9. The summed E-state index contributed by atoms with van der Waals surface area (Å²) in [4.78, 5) is 14.0. The first-order chi connectivity index (χ1) is 8.67. The predicted molar refractivity (Wildman–Crippen MR) is 73.3 cm³/mol. The Bertz CT molecular complexity index is 240. The number of morpholine rings is 1. The van der Waals surface area contributed by atoms with Gasteiger partial charge in [0.05, 0.1) is 12.7 Å². The Morgan fingerprint density at radius 2 is 2.22 bits per heavy atom. The molecule has 1 saturated heterocycles. The minimum absolute atomic E-state index is 0.179. The molecule has 0 bridgehead atoms. The number of carbonyl (C=O) groups excluding carboxylic acids is 1. The molecular formula is C14H28N2O2. The largest absolute Gasteiger partial charge is 0.375 e. The van der Waals surface area contributed by atoms with Gasteiger partial charge in [-0.05, 0) is 32.2 Å². The normalized spacial score (nSPS) is 21.9. The molecule has 0 aromatic heterocycles. The maximum absolute atomic E-state index is 12.1. The quantitative estimate of drug-likeness (QED) is 0.755. The van der Waals surface area contributed by atoms with Gasteiger partial charge in [0.1, 0.15) is 0 Å². The molecular weight excluding hydrogens is 228 g/mol. The van der Waals surface area contributed by atoms with Crippen molar-refractivity contribution in [2.24, 2.45) is 11.7 Å². The highest BCUT2D eigenvalue weighted by Crippen LogP contribution is 2.18. The summed E-state index contributed by atoms with van der Waals surface area (Å²) in [6.45, 7) is 7.11. The standard InChI is InChI=1S/C14H28N2O2/c1-3-4-13(7-8-15)5-6-14(17)16-9-10-18-12(2)11-16/h12-13H,3-11,15H2,1-2H3. The van der Waals surface area contributed by atoms with E-state index >= 15 is 0 Å². The number of nitrogens with zero attached hydrogens (tertiary/aromatic N) is 1. The van der Waals surface area contributed by atoms with E-state index in [0.717, 1.165) is 32.5 Å². The van der Waals surface area contributed by atoms with Crippen molar-refractivity contribution in [1.29, 1.82) is 0 Å². The predicted octanol–water partition coefficient (Wildman–Crippen LogP) is 1.78. The number of hydrogen-bond donors (Lipinski definition) is 1. The molecule has 4 nitrogen and oxygen atoms in total. The first-order valence-electron chi connectivity index (χ1n) is 7.26. The second kappa shape index (κ2) is 8.48. The zero-order valence-corrected chi connectivity index (χ0v) is 11.9. The Hall–Kier alpha value is -0.610. The minimum Gasteiger partial charge on any atom is -0.375 e. The molecule has 0 aromatic carbocycles. The highest BCUT2D eigenvalue weighted by Gasteiger charge is 2.21. The molecule has 0 radical (unpaired) electrons. The van der Waals surface area contributed by atoms with Gasteiger partial charge >= 0.3 is 0 Å². The van der Waals surface area contributed by atoms with Crippen LogP contribution in [0.4, 0.5) is 0 Å². The van der Waals surface area contributed by atoms with E-state index in [1.807, 2.05) is 11.8 Å². The van der Waals surface area contributed by atoms with Crippen LogP contribution in [-0.4, -0.2) is 43.2 Å². The molecule has 2 unspecified atom stereocenters. The van der Waals surface area contributed by atoms with Crippen LogP contribution in [0.2, 0.25) is 0 Å². The van der Waals surface area contributed by atoms with Crippen LogP contribution in [0.15, 0.2) is 0 Å². The first-order valence-corrected chi connectivity index (χ1v) is 7.26. The molecule has 1 fully saturated rings. The lowest BCUT2D eigenvalue weighted by Crippen LogP contribution is -2.44. The molecule has 4 heteroatoms. The van der Waals surface area contributed by atoms with Gasteiger partial charge in [-0.25, -0.2) is 0 Å². The molecule has 2 N–H and O–H groups in total. The van der Waals surface area contributed by atoms with E-state index in [1.165, 1.54) is 12.8 Å². The smallest absolute Gasteiger partial charge is 0.222 e. The number of carbonyl (C=O) groups is 1. The second-order valence-corrected chi connectivity index (χ2v) is 5.29. The molecule has 0 aromatic rings. The van der Waals surface area contributed by atoms with E-state index in [1.54, 1.807) is 0 Å². The molecule has 1 aliphatic rings.